The van der Waals surface area contributed by atoms with E-state index in [1.54, 1.807) is 45.0 Å². The van der Waals surface area contributed by atoms with Crippen molar-refractivity contribution < 1.29 is 41.4 Å². The van der Waals surface area contributed by atoms with Gasteiger partial charge in [-0.05, 0) is 69.4 Å². The first-order valence-corrected chi connectivity index (χ1v) is 15.4. The Labute approximate surface area is 250 Å². The van der Waals surface area contributed by atoms with Crippen LogP contribution < -0.4 is 20.7 Å². The average molecular weight is 627 g/mol. The van der Waals surface area contributed by atoms with Crippen molar-refractivity contribution in [3.8, 4) is 0 Å². The van der Waals surface area contributed by atoms with Crippen molar-refractivity contribution >= 4 is 27.9 Å². The first-order valence-electron chi connectivity index (χ1n) is 13.7. The standard InChI is InChI=1S/C29H40F2N4O7S/c1-19(36)34-25(15-20-9-6-5-7-10-20)26(37)27(38)32-13-8-14-43(40,41)33-18-23(35-28(39)42-29(2,3)4)17-21-16-22(30)11-12-24(21)31/h5-7,9-12,16,23,25-26,33,37H,8,13-15,17-18H2,1-4H3,(H,32,38)(H,34,36)(H,35,39). The normalized spacial score (nSPS) is 13.8. The first-order chi connectivity index (χ1) is 20.0. The molecule has 0 aliphatic carbocycles. The van der Waals surface area contributed by atoms with Gasteiger partial charge in [0.2, 0.25) is 15.9 Å². The molecule has 3 atom stereocenters. The molecular formula is C29H40F2N4O7S. The van der Waals surface area contributed by atoms with Crippen LogP contribution in [0.1, 0.15) is 45.2 Å². The number of benzene rings is 2. The molecule has 0 spiro atoms. The molecule has 0 heterocycles. The van der Waals surface area contributed by atoms with Gasteiger partial charge in [-0.3, -0.25) is 9.59 Å². The number of aliphatic hydroxyl groups is 1. The summed E-state index contributed by atoms with van der Waals surface area (Å²) in [6.45, 7) is 5.74. The number of sulfonamides is 1. The van der Waals surface area contributed by atoms with Gasteiger partial charge in [0.15, 0.2) is 6.10 Å². The van der Waals surface area contributed by atoms with Crippen molar-refractivity contribution in [2.75, 3.05) is 18.8 Å². The summed E-state index contributed by atoms with van der Waals surface area (Å²) in [4.78, 5) is 36.5. The van der Waals surface area contributed by atoms with Crippen molar-refractivity contribution in [3.63, 3.8) is 0 Å². The third-order valence-electron chi connectivity index (χ3n) is 5.97. The number of aliphatic hydroxyl groups excluding tert-OH is 1. The Balaban J connectivity index is 1.93. The van der Waals surface area contributed by atoms with Crippen LogP contribution >= 0.6 is 0 Å². The maximum absolute atomic E-state index is 14.2. The van der Waals surface area contributed by atoms with E-state index in [4.69, 9.17) is 4.74 Å². The molecule has 0 aromatic heterocycles. The van der Waals surface area contributed by atoms with E-state index in [0.717, 1.165) is 23.8 Å². The monoisotopic (exact) mass is 626 g/mol. The Kier molecular flexibility index (Phi) is 13.5. The largest absolute Gasteiger partial charge is 0.444 e. The second-order valence-corrected chi connectivity index (χ2v) is 13.0. The maximum Gasteiger partial charge on any atom is 0.407 e. The lowest BCUT2D eigenvalue weighted by Gasteiger charge is -2.24. The van der Waals surface area contributed by atoms with Crippen molar-refractivity contribution in [1.82, 2.24) is 20.7 Å². The second-order valence-electron chi connectivity index (χ2n) is 11.0. The average Bonchev–Trinajstić information content (AvgIpc) is 2.90. The molecule has 0 aliphatic rings. The molecule has 0 aliphatic heterocycles. The third kappa shape index (κ3) is 13.9. The number of hydrogen-bond donors (Lipinski definition) is 5. The molecule has 5 N–H and O–H groups in total. The number of hydrogen-bond acceptors (Lipinski definition) is 7. The zero-order chi connectivity index (χ0) is 32.2. The predicted molar refractivity (Wildman–Crippen MR) is 156 cm³/mol. The molecule has 0 saturated carbocycles. The van der Waals surface area contributed by atoms with Crippen molar-refractivity contribution in [2.24, 2.45) is 0 Å². The van der Waals surface area contributed by atoms with Crippen molar-refractivity contribution in [3.05, 3.63) is 71.3 Å². The van der Waals surface area contributed by atoms with E-state index in [1.165, 1.54) is 6.92 Å². The van der Waals surface area contributed by atoms with Crippen molar-refractivity contribution in [1.29, 1.82) is 0 Å². The number of nitrogens with one attached hydrogen (secondary N) is 4. The third-order valence-corrected chi connectivity index (χ3v) is 7.40. The topological polar surface area (TPSA) is 163 Å². The van der Waals surface area contributed by atoms with Crippen LogP contribution in [0.5, 0.6) is 0 Å². The number of halogens is 2. The summed E-state index contributed by atoms with van der Waals surface area (Å²) in [5.41, 5.74) is -0.115. The summed E-state index contributed by atoms with van der Waals surface area (Å²) in [5.74, 6) is -3.04. The van der Waals surface area contributed by atoms with Gasteiger partial charge in [-0.1, -0.05) is 30.3 Å². The van der Waals surface area contributed by atoms with Gasteiger partial charge in [-0.15, -0.1) is 0 Å². The van der Waals surface area contributed by atoms with Gasteiger partial charge < -0.3 is 25.8 Å². The van der Waals surface area contributed by atoms with E-state index in [1.807, 2.05) is 6.07 Å². The minimum atomic E-state index is -3.93. The number of carbonyl (C=O) groups excluding carboxylic acids is 3. The van der Waals surface area contributed by atoms with Crippen LogP contribution in [0.25, 0.3) is 0 Å². The Morgan fingerprint density at radius 2 is 1.67 bits per heavy atom. The fourth-order valence-corrected chi connectivity index (χ4v) is 5.17. The molecule has 2 rings (SSSR count). The van der Waals surface area contributed by atoms with Gasteiger partial charge in [0.05, 0.1) is 11.8 Å². The summed E-state index contributed by atoms with van der Waals surface area (Å²) in [5, 5.41) is 18.1. The smallest absolute Gasteiger partial charge is 0.407 e. The fraction of sp³-hybridized carbons (Fsp3) is 0.483. The van der Waals surface area contributed by atoms with E-state index >= 15 is 0 Å². The molecule has 11 nitrogen and oxygen atoms in total. The van der Waals surface area contributed by atoms with E-state index in [-0.39, 0.29) is 37.9 Å². The summed E-state index contributed by atoms with van der Waals surface area (Å²) in [7, 11) is -3.93. The second kappa shape index (κ2) is 16.3. The van der Waals surface area contributed by atoms with Gasteiger partial charge in [0.1, 0.15) is 17.2 Å². The van der Waals surface area contributed by atoms with Crippen LogP contribution in [0.2, 0.25) is 0 Å². The molecule has 238 valence electrons. The summed E-state index contributed by atoms with van der Waals surface area (Å²) < 4.78 is 60.7. The van der Waals surface area contributed by atoms with Crippen LogP contribution in [-0.4, -0.2) is 74.1 Å². The number of carbonyl (C=O) groups is 3. The van der Waals surface area contributed by atoms with Gasteiger partial charge in [-0.25, -0.2) is 26.7 Å². The molecular weight excluding hydrogens is 586 g/mol. The number of ether oxygens (including phenoxy) is 1. The summed E-state index contributed by atoms with van der Waals surface area (Å²) in [6, 6.07) is 9.93. The molecule has 2 aromatic carbocycles. The molecule has 0 bridgehead atoms. The Bertz CT molecular complexity index is 1340. The Hall–Kier alpha value is -3.62. The Morgan fingerprint density at radius 3 is 2.30 bits per heavy atom. The van der Waals surface area contributed by atoms with Crippen molar-refractivity contribution in [2.45, 2.75) is 70.7 Å². The van der Waals surface area contributed by atoms with E-state index < -0.39 is 69.1 Å². The molecule has 0 saturated heterocycles. The maximum atomic E-state index is 14.2. The fourth-order valence-electron chi connectivity index (χ4n) is 4.05. The molecule has 14 heteroatoms. The quantitative estimate of drug-likeness (QED) is 0.189. The van der Waals surface area contributed by atoms with Crippen LogP contribution in [-0.2, 0) is 37.2 Å². The van der Waals surface area contributed by atoms with Crippen LogP contribution in [0.15, 0.2) is 48.5 Å². The first kappa shape index (κ1) is 35.6. The van der Waals surface area contributed by atoms with E-state index in [0.29, 0.717) is 0 Å². The summed E-state index contributed by atoms with van der Waals surface area (Å²) >= 11 is 0. The zero-order valence-corrected chi connectivity index (χ0v) is 25.5. The van der Waals surface area contributed by atoms with Gasteiger partial charge in [0.25, 0.3) is 5.91 Å². The van der Waals surface area contributed by atoms with Crippen LogP contribution in [0.4, 0.5) is 13.6 Å². The molecule has 0 fully saturated rings. The zero-order valence-electron chi connectivity index (χ0n) is 24.7. The number of rotatable bonds is 15. The van der Waals surface area contributed by atoms with Gasteiger partial charge in [0, 0.05) is 26.1 Å². The molecule has 43 heavy (non-hydrogen) atoms. The molecule has 3 amide bonds. The SMILES string of the molecule is CC(=O)NC(Cc1ccccc1)C(O)C(=O)NCCCS(=O)(=O)NCC(Cc1cc(F)ccc1F)NC(=O)OC(C)(C)C. The number of amides is 3. The lowest BCUT2D eigenvalue weighted by Crippen LogP contribution is -2.51. The van der Waals surface area contributed by atoms with Gasteiger partial charge >= 0.3 is 6.09 Å². The number of alkyl carbamates (subject to hydrolysis) is 1. The van der Waals surface area contributed by atoms with Crippen LogP contribution in [0.3, 0.4) is 0 Å². The minimum absolute atomic E-state index is 0.0278. The highest BCUT2D eigenvalue weighted by atomic mass is 32.2. The predicted octanol–water partition coefficient (Wildman–Crippen LogP) is 1.93. The minimum Gasteiger partial charge on any atom is -0.444 e. The highest BCUT2D eigenvalue weighted by Gasteiger charge is 2.27. The summed E-state index contributed by atoms with van der Waals surface area (Å²) in [6.07, 6.45) is -2.50. The lowest BCUT2D eigenvalue weighted by molar-refractivity contribution is -0.131. The van der Waals surface area contributed by atoms with Gasteiger partial charge in [-0.2, -0.15) is 0 Å². The molecule has 2 aromatic rings. The lowest BCUT2D eigenvalue weighted by atomic mass is 10.0. The van der Waals surface area contributed by atoms with Crippen LogP contribution in [0, 0.1) is 11.6 Å². The van der Waals surface area contributed by atoms with E-state index in [2.05, 4.69) is 20.7 Å². The highest BCUT2D eigenvalue weighted by molar-refractivity contribution is 7.89. The molecule has 3 unspecified atom stereocenters. The van der Waals surface area contributed by atoms with E-state index in [9.17, 15) is 36.7 Å². The molecule has 0 radical (unpaired) electrons. The Morgan fingerprint density at radius 1 is 1.00 bits per heavy atom. The highest BCUT2D eigenvalue weighted by Crippen LogP contribution is 2.13.